The third-order valence-electron chi connectivity index (χ3n) is 5.17. The number of carbonyl (C=O) groups excluding carboxylic acids is 1. The zero-order valence-corrected chi connectivity index (χ0v) is 15.0. The Morgan fingerprint density at radius 1 is 0.923 bits per heavy atom. The first-order chi connectivity index (χ1) is 12.6. The molecular formula is C22H22N2O2. The number of esters is 1. The second-order valence-electron chi connectivity index (χ2n) is 6.81. The lowest BCUT2D eigenvalue weighted by atomic mass is 9.73. The summed E-state index contributed by atoms with van der Waals surface area (Å²) in [5.41, 5.74) is 3.83. The maximum Gasteiger partial charge on any atom is 0.307 e. The van der Waals surface area contributed by atoms with Gasteiger partial charge in [-0.2, -0.15) is 0 Å². The van der Waals surface area contributed by atoms with Crippen LogP contribution in [0.4, 0.5) is 0 Å². The highest BCUT2D eigenvalue weighted by molar-refractivity contribution is 5.90. The van der Waals surface area contributed by atoms with Gasteiger partial charge in [-0.15, -0.1) is 0 Å². The molecule has 2 N–H and O–H groups in total. The van der Waals surface area contributed by atoms with Crippen LogP contribution in [0.3, 0.4) is 0 Å². The minimum absolute atomic E-state index is 0.189. The molecule has 0 saturated carbocycles. The Morgan fingerprint density at radius 2 is 1.42 bits per heavy atom. The maximum absolute atomic E-state index is 12.5. The van der Waals surface area contributed by atoms with E-state index in [4.69, 9.17) is 4.74 Å². The van der Waals surface area contributed by atoms with Gasteiger partial charge in [0.25, 0.3) is 0 Å². The molecule has 0 atom stereocenters. The van der Waals surface area contributed by atoms with Gasteiger partial charge in [-0.3, -0.25) is 4.79 Å². The zero-order chi connectivity index (χ0) is 18.1. The molecule has 2 heterocycles. The smallest absolute Gasteiger partial charge is 0.307 e. The summed E-state index contributed by atoms with van der Waals surface area (Å²) in [5, 5.41) is 2.26. The van der Waals surface area contributed by atoms with Gasteiger partial charge in [0.15, 0.2) is 0 Å². The van der Waals surface area contributed by atoms with Gasteiger partial charge in [-0.1, -0.05) is 43.3 Å². The third kappa shape index (κ3) is 2.58. The monoisotopic (exact) mass is 346 g/mol. The Labute approximate surface area is 152 Å². The molecule has 26 heavy (non-hydrogen) atoms. The fourth-order valence-corrected chi connectivity index (χ4v) is 3.89. The second kappa shape index (κ2) is 6.37. The lowest BCUT2D eigenvalue weighted by molar-refractivity contribution is -0.144. The number of nitrogens with one attached hydrogen (secondary N) is 2. The molecule has 132 valence electrons. The summed E-state index contributed by atoms with van der Waals surface area (Å²) in [7, 11) is 0. The van der Waals surface area contributed by atoms with Crippen LogP contribution in [-0.4, -0.2) is 22.5 Å². The molecular weight excluding hydrogens is 324 g/mol. The quantitative estimate of drug-likeness (QED) is 0.505. The lowest BCUT2D eigenvalue weighted by Crippen LogP contribution is -2.28. The standard InChI is InChI=1S/C22H22N2O2/c1-3-26-21(25)12-22(2,17-13-23-19-10-6-4-8-15(17)19)18-14-24-20-11-7-5-9-16(18)20/h4-11,13-14,23-24H,3,12H2,1-2H3. The van der Waals surface area contributed by atoms with E-state index in [0.29, 0.717) is 6.61 Å². The van der Waals surface area contributed by atoms with Gasteiger partial charge in [-0.05, 0) is 30.2 Å². The molecule has 2 aromatic carbocycles. The van der Waals surface area contributed by atoms with Gasteiger partial charge < -0.3 is 14.7 Å². The van der Waals surface area contributed by atoms with E-state index < -0.39 is 5.41 Å². The van der Waals surface area contributed by atoms with Crippen LogP contribution in [-0.2, 0) is 14.9 Å². The van der Waals surface area contributed by atoms with Crippen molar-refractivity contribution < 1.29 is 9.53 Å². The lowest BCUT2D eigenvalue weighted by Gasteiger charge is -2.29. The van der Waals surface area contributed by atoms with Gasteiger partial charge in [0.2, 0.25) is 0 Å². The van der Waals surface area contributed by atoms with E-state index >= 15 is 0 Å². The molecule has 0 radical (unpaired) electrons. The van der Waals surface area contributed by atoms with Crippen LogP contribution in [0.15, 0.2) is 60.9 Å². The first-order valence-electron chi connectivity index (χ1n) is 8.92. The predicted molar refractivity (Wildman–Crippen MR) is 104 cm³/mol. The molecule has 4 rings (SSSR count). The van der Waals surface area contributed by atoms with E-state index in [1.807, 2.05) is 43.6 Å². The summed E-state index contributed by atoms with van der Waals surface area (Å²) in [5.74, 6) is -0.189. The minimum atomic E-state index is -0.508. The van der Waals surface area contributed by atoms with Crippen molar-refractivity contribution in [2.75, 3.05) is 6.61 Å². The van der Waals surface area contributed by atoms with Crippen molar-refractivity contribution in [2.45, 2.75) is 25.7 Å². The molecule has 0 fully saturated rings. The molecule has 0 bridgehead atoms. The zero-order valence-electron chi connectivity index (χ0n) is 15.0. The number of H-pyrrole nitrogens is 2. The predicted octanol–water partition coefficient (Wildman–Crippen LogP) is 4.91. The number of ether oxygens (including phenoxy) is 1. The van der Waals surface area contributed by atoms with E-state index in [1.165, 1.54) is 0 Å². The van der Waals surface area contributed by atoms with Gasteiger partial charge >= 0.3 is 5.97 Å². The number of para-hydroxylation sites is 2. The second-order valence-corrected chi connectivity index (χ2v) is 6.81. The molecule has 2 aromatic heterocycles. The molecule has 4 heteroatoms. The van der Waals surface area contributed by atoms with Crippen LogP contribution in [0.2, 0.25) is 0 Å². The Bertz CT molecular complexity index is 1000. The number of carbonyl (C=O) groups is 1. The van der Waals surface area contributed by atoms with Gasteiger partial charge in [0, 0.05) is 39.6 Å². The van der Waals surface area contributed by atoms with E-state index in [-0.39, 0.29) is 12.4 Å². The molecule has 0 aliphatic carbocycles. The van der Waals surface area contributed by atoms with Crippen molar-refractivity contribution in [3.63, 3.8) is 0 Å². The average Bonchev–Trinajstić information content (AvgIpc) is 3.26. The van der Waals surface area contributed by atoms with Gasteiger partial charge in [-0.25, -0.2) is 0 Å². The van der Waals surface area contributed by atoms with Gasteiger partial charge in [0.05, 0.1) is 13.0 Å². The van der Waals surface area contributed by atoms with E-state index in [0.717, 1.165) is 32.9 Å². The van der Waals surface area contributed by atoms with Crippen molar-refractivity contribution >= 4 is 27.8 Å². The Balaban J connectivity index is 1.94. The first-order valence-corrected chi connectivity index (χ1v) is 8.92. The maximum atomic E-state index is 12.5. The summed E-state index contributed by atoms with van der Waals surface area (Å²) < 4.78 is 5.30. The topological polar surface area (TPSA) is 57.9 Å². The molecule has 0 aliphatic rings. The van der Waals surface area contributed by atoms with Crippen molar-refractivity contribution in [1.29, 1.82) is 0 Å². The summed E-state index contributed by atoms with van der Waals surface area (Å²) in [6.45, 7) is 4.35. The normalized spacial score (nSPS) is 11.9. The highest BCUT2D eigenvalue weighted by Crippen LogP contribution is 2.42. The van der Waals surface area contributed by atoms with Crippen molar-refractivity contribution in [2.24, 2.45) is 0 Å². The highest BCUT2D eigenvalue weighted by atomic mass is 16.5. The number of hydrogen-bond acceptors (Lipinski definition) is 2. The molecule has 0 amide bonds. The van der Waals surface area contributed by atoms with Crippen LogP contribution < -0.4 is 0 Å². The van der Waals surface area contributed by atoms with Crippen LogP contribution in [0.1, 0.15) is 31.4 Å². The van der Waals surface area contributed by atoms with E-state index in [1.54, 1.807) is 0 Å². The number of hydrogen-bond donors (Lipinski definition) is 2. The molecule has 4 aromatic rings. The van der Waals surface area contributed by atoms with E-state index in [2.05, 4.69) is 41.2 Å². The summed E-state index contributed by atoms with van der Waals surface area (Å²) in [4.78, 5) is 19.2. The fourth-order valence-electron chi connectivity index (χ4n) is 3.89. The Kier molecular flexibility index (Phi) is 4.03. The summed E-state index contributed by atoms with van der Waals surface area (Å²) in [6.07, 6.45) is 4.32. The number of rotatable bonds is 5. The number of benzene rings is 2. The highest BCUT2D eigenvalue weighted by Gasteiger charge is 2.36. The SMILES string of the molecule is CCOC(=O)CC(C)(c1c[nH]c2ccccc12)c1c[nH]c2ccccc12. The largest absolute Gasteiger partial charge is 0.466 e. The molecule has 0 aliphatic heterocycles. The van der Waals surface area contributed by atoms with Crippen LogP contribution in [0.5, 0.6) is 0 Å². The van der Waals surface area contributed by atoms with Crippen molar-refractivity contribution in [3.8, 4) is 0 Å². The molecule has 4 nitrogen and oxygen atoms in total. The van der Waals surface area contributed by atoms with Crippen LogP contribution in [0, 0.1) is 0 Å². The van der Waals surface area contributed by atoms with E-state index in [9.17, 15) is 4.79 Å². The average molecular weight is 346 g/mol. The summed E-state index contributed by atoms with van der Waals surface area (Å²) in [6, 6.07) is 16.4. The molecule has 0 unspecified atom stereocenters. The molecule has 0 spiro atoms. The van der Waals surface area contributed by atoms with Gasteiger partial charge in [0.1, 0.15) is 0 Å². The first kappa shape index (κ1) is 16.5. The number of fused-ring (bicyclic) bond motifs is 2. The van der Waals surface area contributed by atoms with Crippen LogP contribution >= 0.6 is 0 Å². The van der Waals surface area contributed by atoms with Crippen molar-refractivity contribution in [3.05, 3.63) is 72.1 Å². The fraction of sp³-hybridized carbons (Fsp3) is 0.227. The van der Waals surface area contributed by atoms with Crippen molar-refractivity contribution in [1.82, 2.24) is 9.97 Å². The number of aromatic nitrogens is 2. The Morgan fingerprint density at radius 3 is 1.92 bits per heavy atom. The third-order valence-corrected chi connectivity index (χ3v) is 5.17. The van der Waals surface area contributed by atoms with Crippen LogP contribution in [0.25, 0.3) is 21.8 Å². The molecule has 0 saturated heterocycles. The summed E-state index contributed by atoms with van der Waals surface area (Å²) >= 11 is 0. The minimum Gasteiger partial charge on any atom is -0.466 e. The Hall–Kier alpha value is -3.01. The number of aromatic amines is 2.